The molecule has 0 atom stereocenters. The largest absolute Gasteiger partial charge is 0.432 e. The lowest BCUT2D eigenvalue weighted by Gasteiger charge is -2.08. The van der Waals surface area contributed by atoms with Gasteiger partial charge in [-0.05, 0) is 24.6 Å². The van der Waals surface area contributed by atoms with E-state index in [2.05, 4.69) is 4.98 Å². The molecule has 0 spiro atoms. The van der Waals surface area contributed by atoms with Crippen LogP contribution in [0.25, 0.3) is 0 Å². The molecule has 0 aliphatic carbocycles. The van der Waals surface area contributed by atoms with Gasteiger partial charge in [0, 0.05) is 23.7 Å². The summed E-state index contributed by atoms with van der Waals surface area (Å²) in [6.45, 7) is 1.81. The molecule has 1 aromatic carbocycles. The number of aryl methyl sites for hydroxylation is 1. The minimum absolute atomic E-state index is 0.0925. The maximum absolute atomic E-state index is 10.9. The SMILES string of the molecule is Cc1cc(CCl)cnc1Oc1ccccc1[N+](=O)[O-]. The molecule has 5 nitrogen and oxygen atoms in total. The third-order valence-corrected chi connectivity index (χ3v) is 2.82. The van der Waals surface area contributed by atoms with Crippen LogP contribution in [0, 0.1) is 17.0 Å². The minimum Gasteiger partial charge on any atom is -0.432 e. The zero-order valence-corrected chi connectivity index (χ0v) is 10.9. The van der Waals surface area contributed by atoms with E-state index in [1.165, 1.54) is 12.1 Å². The summed E-state index contributed by atoms with van der Waals surface area (Å²) in [6, 6.07) is 8.02. The van der Waals surface area contributed by atoms with Gasteiger partial charge >= 0.3 is 5.69 Å². The summed E-state index contributed by atoms with van der Waals surface area (Å²) in [5.41, 5.74) is 1.55. The number of benzene rings is 1. The number of hydrogen-bond donors (Lipinski definition) is 0. The average Bonchev–Trinajstić information content (AvgIpc) is 2.41. The Morgan fingerprint density at radius 3 is 2.79 bits per heavy atom. The molecule has 0 radical (unpaired) electrons. The third kappa shape index (κ3) is 3.00. The van der Waals surface area contributed by atoms with Gasteiger partial charge in [-0.15, -0.1) is 11.6 Å². The molecule has 0 aliphatic rings. The van der Waals surface area contributed by atoms with Crippen molar-refractivity contribution in [2.75, 3.05) is 0 Å². The normalized spacial score (nSPS) is 10.2. The predicted octanol–water partition coefficient (Wildman–Crippen LogP) is 3.83. The van der Waals surface area contributed by atoms with Crippen molar-refractivity contribution in [2.45, 2.75) is 12.8 Å². The molecule has 0 unspecified atom stereocenters. The monoisotopic (exact) mass is 278 g/mol. The Labute approximate surface area is 115 Å². The number of nitrogens with zero attached hydrogens (tertiary/aromatic N) is 2. The lowest BCUT2D eigenvalue weighted by Crippen LogP contribution is -1.96. The number of hydrogen-bond acceptors (Lipinski definition) is 4. The number of halogens is 1. The number of para-hydroxylation sites is 2. The van der Waals surface area contributed by atoms with Gasteiger partial charge in [-0.2, -0.15) is 0 Å². The second kappa shape index (κ2) is 5.67. The quantitative estimate of drug-likeness (QED) is 0.484. The molecule has 1 aromatic heterocycles. The van der Waals surface area contributed by atoms with E-state index in [-0.39, 0.29) is 11.4 Å². The smallest absolute Gasteiger partial charge is 0.311 e. The fourth-order valence-corrected chi connectivity index (χ4v) is 1.74. The Morgan fingerprint density at radius 1 is 1.42 bits per heavy atom. The molecule has 98 valence electrons. The van der Waals surface area contributed by atoms with E-state index in [0.717, 1.165) is 11.1 Å². The second-order valence-corrected chi connectivity index (χ2v) is 4.19. The third-order valence-electron chi connectivity index (χ3n) is 2.51. The molecule has 0 aliphatic heterocycles. The summed E-state index contributed by atoms with van der Waals surface area (Å²) in [5.74, 6) is 0.865. The van der Waals surface area contributed by atoms with Crippen LogP contribution in [0.4, 0.5) is 5.69 Å². The van der Waals surface area contributed by atoms with Gasteiger partial charge in [0.2, 0.25) is 11.6 Å². The minimum atomic E-state index is -0.488. The van der Waals surface area contributed by atoms with E-state index in [9.17, 15) is 10.1 Å². The number of ether oxygens (including phenoxy) is 1. The van der Waals surface area contributed by atoms with Crippen molar-refractivity contribution >= 4 is 17.3 Å². The van der Waals surface area contributed by atoms with Gasteiger partial charge in [0.1, 0.15) is 0 Å². The van der Waals surface area contributed by atoms with Crippen LogP contribution in [0.1, 0.15) is 11.1 Å². The van der Waals surface area contributed by atoms with Crippen molar-refractivity contribution in [3.8, 4) is 11.6 Å². The summed E-state index contributed by atoms with van der Waals surface area (Å²) < 4.78 is 5.51. The first kappa shape index (κ1) is 13.3. The Kier molecular flexibility index (Phi) is 3.97. The number of aromatic nitrogens is 1. The molecule has 0 saturated heterocycles. The van der Waals surface area contributed by atoms with Crippen molar-refractivity contribution in [3.05, 3.63) is 57.8 Å². The number of alkyl halides is 1. The first-order valence-corrected chi connectivity index (χ1v) is 6.08. The highest BCUT2D eigenvalue weighted by Crippen LogP contribution is 2.31. The maximum Gasteiger partial charge on any atom is 0.311 e. The van der Waals surface area contributed by atoms with Crippen LogP contribution < -0.4 is 4.74 Å². The van der Waals surface area contributed by atoms with Crippen LogP contribution in [0.15, 0.2) is 36.5 Å². The molecule has 1 heterocycles. The van der Waals surface area contributed by atoms with Gasteiger partial charge in [0.05, 0.1) is 4.92 Å². The van der Waals surface area contributed by atoms with Gasteiger partial charge in [-0.1, -0.05) is 12.1 Å². The lowest BCUT2D eigenvalue weighted by atomic mass is 10.2. The van der Waals surface area contributed by atoms with Gasteiger partial charge in [0.25, 0.3) is 0 Å². The highest BCUT2D eigenvalue weighted by atomic mass is 35.5. The molecule has 0 amide bonds. The second-order valence-electron chi connectivity index (χ2n) is 3.93. The summed E-state index contributed by atoms with van der Waals surface area (Å²) >= 11 is 5.71. The highest BCUT2D eigenvalue weighted by molar-refractivity contribution is 6.17. The van der Waals surface area contributed by atoms with E-state index in [0.29, 0.717) is 11.8 Å². The van der Waals surface area contributed by atoms with Gasteiger partial charge in [-0.25, -0.2) is 4.98 Å². The summed E-state index contributed by atoms with van der Waals surface area (Å²) in [4.78, 5) is 14.5. The van der Waals surface area contributed by atoms with Crippen molar-refractivity contribution in [1.82, 2.24) is 4.98 Å². The molecule has 0 fully saturated rings. The number of nitro groups is 1. The standard InChI is InChI=1S/C13H11ClN2O3/c1-9-6-10(7-14)8-15-13(9)19-12-5-3-2-4-11(12)16(17)18/h2-6,8H,7H2,1H3. The van der Waals surface area contributed by atoms with Crippen LogP contribution >= 0.6 is 11.6 Å². The zero-order valence-electron chi connectivity index (χ0n) is 10.2. The summed E-state index contributed by atoms with van der Waals surface area (Å²) in [5, 5.41) is 10.9. The molecule has 6 heteroatoms. The maximum atomic E-state index is 10.9. The van der Waals surface area contributed by atoms with Crippen LogP contribution in [0.2, 0.25) is 0 Å². The average molecular weight is 279 g/mol. The lowest BCUT2D eigenvalue weighted by molar-refractivity contribution is -0.385. The van der Waals surface area contributed by atoms with E-state index in [4.69, 9.17) is 16.3 Å². The van der Waals surface area contributed by atoms with Crippen LogP contribution in [-0.4, -0.2) is 9.91 Å². The molecule has 0 N–H and O–H groups in total. The van der Waals surface area contributed by atoms with Crippen molar-refractivity contribution < 1.29 is 9.66 Å². The summed E-state index contributed by atoms with van der Waals surface area (Å²) in [7, 11) is 0. The van der Waals surface area contributed by atoms with Gasteiger partial charge in [-0.3, -0.25) is 10.1 Å². The Balaban J connectivity index is 2.34. The number of rotatable bonds is 4. The van der Waals surface area contributed by atoms with Crippen LogP contribution in [-0.2, 0) is 5.88 Å². The topological polar surface area (TPSA) is 65.3 Å². The van der Waals surface area contributed by atoms with Crippen molar-refractivity contribution in [3.63, 3.8) is 0 Å². The fourth-order valence-electron chi connectivity index (χ4n) is 1.60. The number of pyridine rings is 1. The van der Waals surface area contributed by atoms with Crippen molar-refractivity contribution in [1.29, 1.82) is 0 Å². The molecule has 0 saturated carbocycles. The van der Waals surface area contributed by atoms with Crippen LogP contribution in [0.5, 0.6) is 11.6 Å². The van der Waals surface area contributed by atoms with E-state index in [1.807, 2.05) is 13.0 Å². The van der Waals surface area contributed by atoms with Crippen LogP contribution in [0.3, 0.4) is 0 Å². The predicted molar refractivity (Wildman–Crippen MR) is 71.7 cm³/mol. The highest BCUT2D eigenvalue weighted by Gasteiger charge is 2.15. The molecular formula is C13H11ClN2O3. The first-order valence-electron chi connectivity index (χ1n) is 5.54. The first-order chi connectivity index (χ1) is 9.11. The number of nitro benzene ring substituents is 1. The molecule has 19 heavy (non-hydrogen) atoms. The van der Waals surface area contributed by atoms with E-state index < -0.39 is 4.92 Å². The Morgan fingerprint density at radius 2 is 2.16 bits per heavy atom. The summed E-state index contributed by atoms with van der Waals surface area (Å²) in [6.07, 6.45) is 1.59. The molecular weight excluding hydrogens is 268 g/mol. The van der Waals surface area contributed by atoms with E-state index in [1.54, 1.807) is 18.3 Å². The molecule has 0 bridgehead atoms. The Bertz CT molecular complexity index is 617. The molecule has 2 aromatic rings. The molecule has 2 rings (SSSR count). The van der Waals surface area contributed by atoms with E-state index >= 15 is 0 Å². The fraction of sp³-hybridized carbons (Fsp3) is 0.154. The van der Waals surface area contributed by atoms with Gasteiger partial charge < -0.3 is 4.74 Å². The van der Waals surface area contributed by atoms with Gasteiger partial charge in [0.15, 0.2) is 0 Å². The van der Waals surface area contributed by atoms with Crippen molar-refractivity contribution in [2.24, 2.45) is 0 Å². The zero-order chi connectivity index (χ0) is 13.8. The Hall–Kier alpha value is -2.14.